The molecule has 0 radical (unpaired) electrons. The molecule has 17 heavy (non-hydrogen) atoms. The average molecular weight is 234 g/mol. The fourth-order valence-electron chi connectivity index (χ4n) is 3.22. The minimum absolute atomic E-state index is 0.237. The Morgan fingerprint density at radius 1 is 1.29 bits per heavy atom. The van der Waals surface area contributed by atoms with Crippen LogP contribution in [-0.2, 0) is 5.54 Å². The summed E-state index contributed by atoms with van der Waals surface area (Å²) in [5, 5.41) is 0. The Bertz CT molecular complexity index is 382. The number of pyridine rings is 1. The van der Waals surface area contributed by atoms with E-state index in [2.05, 4.69) is 18.8 Å². The number of aromatic nitrogens is 1. The smallest absolute Gasteiger partial charge is 0.137 e. The van der Waals surface area contributed by atoms with Crippen molar-refractivity contribution in [3.05, 3.63) is 24.0 Å². The maximum absolute atomic E-state index is 6.59. The van der Waals surface area contributed by atoms with Gasteiger partial charge in [0, 0.05) is 11.7 Å². The molecule has 1 aromatic rings. The van der Waals surface area contributed by atoms with Crippen molar-refractivity contribution in [3.8, 4) is 5.75 Å². The van der Waals surface area contributed by atoms with Crippen molar-refractivity contribution < 1.29 is 4.74 Å². The molecular formula is C14H22N2O. The summed E-state index contributed by atoms with van der Waals surface area (Å²) in [5.74, 6) is 2.14. The van der Waals surface area contributed by atoms with Gasteiger partial charge >= 0.3 is 0 Å². The van der Waals surface area contributed by atoms with Crippen LogP contribution in [-0.4, -0.2) is 12.1 Å². The first kappa shape index (κ1) is 12.4. The van der Waals surface area contributed by atoms with Crippen LogP contribution in [0.15, 0.2) is 18.5 Å². The largest absolute Gasteiger partial charge is 0.495 e. The lowest BCUT2D eigenvalue weighted by Crippen LogP contribution is -2.43. The van der Waals surface area contributed by atoms with Gasteiger partial charge in [-0.25, -0.2) is 0 Å². The summed E-state index contributed by atoms with van der Waals surface area (Å²) in [5.41, 5.74) is 7.46. The number of nitrogens with two attached hydrogens (primary N) is 1. The Labute approximate surface area is 103 Å². The van der Waals surface area contributed by atoms with E-state index in [4.69, 9.17) is 10.5 Å². The van der Waals surface area contributed by atoms with Gasteiger partial charge in [-0.3, -0.25) is 4.98 Å². The van der Waals surface area contributed by atoms with Gasteiger partial charge in [0.1, 0.15) is 5.75 Å². The zero-order valence-electron chi connectivity index (χ0n) is 10.9. The highest BCUT2D eigenvalue weighted by Crippen LogP contribution is 2.41. The third-order valence-electron chi connectivity index (χ3n) is 3.75. The molecule has 1 fully saturated rings. The molecule has 0 bridgehead atoms. The molecular weight excluding hydrogens is 212 g/mol. The molecule has 1 aliphatic rings. The Balaban J connectivity index is 2.29. The fourth-order valence-corrected chi connectivity index (χ4v) is 3.22. The Morgan fingerprint density at radius 3 is 2.53 bits per heavy atom. The maximum Gasteiger partial charge on any atom is 0.137 e. The minimum Gasteiger partial charge on any atom is -0.495 e. The number of nitrogens with zero attached hydrogens (tertiary/aromatic N) is 1. The van der Waals surface area contributed by atoms with Crippen LogP contribution < -0.4 is 10.5 Å². The predicted molar refractivity (Wildman–Crippen MR) is 68.8 cm³/mol. The molecule has 94 valence electrons. The summed E-state index contributed by atoms with van der Waals surface area (Å²) in [6, 6.07) is 2.03. The standard InChI is InChI=1S/C14H22N2O/c1-10-4-11(2)7-14(15,6-10)12-5-13(17-3)9-16-8-12/h5,8-11H,4,6-7,15H2,1-3H3. The Morgan fingerprint density at radius 2 is 1.94 bits per heavy atom. The summed E-state index contributed by atoms with van der Waals surface area (Å²) in [6.07, 6.45) is 6.95. The second-order valence-electron chi connectivity index (χ2n) is 5.62. The zero-order chi connectivity index (χ0) is 12.5. The van der Waals surface area contributed by atoms with Crippen LogP contribution in [0, 0.1) is 11.8 Å². The fraction of sp³-hybridized carbons (Fsp3) is 0.643. The number of rotatable bonds is 2. The highest BCUT2D eigenvalue weighted by Gasteiger charge is 2.36. The first-order valence-electron chi connectivity index (χ1n) is 6.32. The monoisotopic (exact) mass is 234 g/mol. The summed E-state index contributed by atoms with van der Waals surface area (Å²) < 4.78 is 5.23. The molecule has 3 heteroatoms. The van der Waals surface area contributed by atoms with E-state index in [0.29, 0.717) is 11.8 Å². The van der Waals surface area contributed by atoms with Crippen LogP contribution in [0.4, 0.5) is 0 Å². The maximum atomic E-state index is 6.59. The molecule has 1 heterocycles. The third-order valence-corrected chi connectivity index (χ3v) is 3.75. The molecule has 2 atom stereocenters. The van der Waals surface area contributed by atoms with E-state index in [1.54, 1.807) is 13.3 Å². The van der Waals surface area contributed by atoms with Crippen LogP contribution in [0.5, 0.6) is 5.75 Å². The molecule has 1 saturated carbocycles. The quantitative estimate of drug-likeness (QED) is 0.856. The van der Waals surface area contributed by atoms with Crippen molar-refractivity contribution in [2.45, 2.75) is 38.6 Å². The van der Waals surface area contributed by atoms with Gasteiger partial charge in [-0.15, -0.1) is 0 Å². The van der Waals surface area contributed by atoms with Crippen LogP contribution in [0.25, 0.3) is 0 Å². The van der Waals surface area contributed by atoms with Crippen molar-refractivity contribution in [3.63, 3.8) is 0 Å². The topological polar surface area (TPSA) is 48.1 Å². The number of hydrogen-bond donors (Lipinski definition) is 1. The van der Waals surface area contributed by atoms with E-state index in [-0.39, 0.29) is 5.54 Å². The normalized spacial score (nSPS) is 33.4. The van der Waals surface area contributed by atoms with E-state index < -0.39 is 0 Å². The molecule has 2 N–H and O–H groups in total. The van der Waals surface area contributed by atoms with Gasteiger partial charge in [0.05, 0.1) is 13.3 Å². The molecule has 0 spiro atoms. The summed E-state index contributed by atoms with van der Waals surface area (Å²) >= 11 is 0. The van der Waals surface area contributed by atoms with Crippen LogP contribution in [0.1, 0.15) is 38.7 Å². The lowest BCUT2D eigenvalue weighted by molar-refractivity contribution is 0.183. The lowest BCUT2D eigenvalue weighted by atomic mass is 9.69. The first-order valence-corrected chi connectivity index (χ1v) is 6.32. The second kappa shape index (κ2) is 4.65. The molecule has 0 saturated heterocycles. The Kier molecular flexibility index (Phi) is 3.38. The third kappa shape index (κ3) is 2.60. The molecule has 2 unspecified atom stereocenters. The van der Waals surface area contributed by atoms with Gasteiger partial charge in [0.15, 0.2) is 0 Å². The number of hydrogen-bond acceptors (Lipinski definition) is 3. The summed E-state index contributed by atoms with van der Waals surface area (Å²) in [4.78, 5) is 4.22. The highest BCUT2D eigenvalue weighted by molar-refractivity contribution is 5.29. The van der Waals surface area contributed by atoms with Crippen LogP contribution in [0.3, 0.4) is 0 Å². The first-order chi connectivity index (χ1) is 8.03. The number of methoxy groups -OCH3 is 1. The lowest BCUT2D eigenvalue weighted by Gasteiger charge is -2.40. The predicted octanol–water partition coefficient (Wildman–Crippen LogP) is 2.70. The van der Waals surface area contributed by atoms with Gasteiger partial charge in [-0.1, -0.05) is 13.8 Å². The van der Waals surface area contributed by atoms with Crippen LogP contribution in [0.2, 0.25) is 0 Å². The van der Waals surface area contributed by atoms with Gasteiger partial charge < -0.3 is 10.5 Å². The van der Waals surface area contributed by atoms with E-state index in [1.807, 2.05) is 12.3 Å². The van der Waals surface area contributed by atoms with E-state index in [0.717, 1.165) is 24.2 Å². The van der Waals surface area contributed by atoms with Crippen LogP contribution >= 0.6 is 0 Å². The minimum atomic E-state index is -0.237. The molecule has 0 aromatic carbocycles. The van der Waals surface area contributed by atoms with Gasteiger partial charge in [-0.2, -0.15) is 0 Å². The van der Waals surface area contributed by atoms with Crippen molar-refractivity contribution in [1.82, 2.24) is 4.98 Å². The molecule has 1 aliphatic carbocycles. The van der Waals surface area contributed by atoms with Gasteiger partial charge in [0.2, 0.25) is 0 Å². The van der Waals surface area contributed by atoms with E-state index in [9.17, 15) is 0 Å². The van der Waals surface area contributed by atoms with Crippen molar-refractivity contribution in [2.75, 3.05) is 7.11 Å². The van der Waals surface area contributed by atoms with Crippen molar-refractivity contribution >= 4 is 0 Å². The van der Waals surface area contributed by atoms with Crippen molar-refractivity contribution in [1.29, 1.82) is 0 Å². The molecule has 3 nitrogen and oxygen atoms in total. The molecule has 0 aliphatic heterocycles. The SMILES string of the molecule is COc1cncc(C2(N)CC(C)CC(C)C2)c1. The molecule has 0 amide bonds. The van der Waals surface area contributed by atoms with E-state index in [1.165, 1.54) is 6.42 Å². The summed E-state index contributed by atoms with van der Waals surface area (Å²) in [6.45, 7) is 4.57. The van der Waals surface area contributed by atoms with Crippen molar-refractivity contribution in [2.24, 2.45) is 17.6 Å². The van der Waals surface area contributed by atoms with Gasteiger partial charge in [0.25, 0.3) is 0 Å². The van der Waals surface area contributed by atoms with Gasteiger partial charge in [-0.05, 0) is 42.7 Å². The highest BCUT2D eigenvalue weighted by atomic mass is 16.5. The summed E-state index contributed by atoms with van der Waals surface area (Å²) in [7, 11) is 1.66. The molecule has 2 rings (SSSR count). The zero-order valence-corrected chi connectivity index (χ0v) is 10.9. The van der Waals surface area contributed by atoms with E-state index >= 15 is 0 Å². The second-order valence-corrected chi connectivity index (χ2v) is 5.62. The number of ether oxygens (including phenoxy) is 1. The Hall–Kier alpha value is -1.09. The molecule has 1 aromatic heterocycles. The average Bonchev–Trinajstić information content (AvgIpc) is 2.27.